The Kier molecular flexibility index (Phi) is 5.61. The van der Waals surface area contributed by atoms with E-state index in [4.69, 9.17) is 4.74 Å². The van der Waals surface area contributed by atoms with Crippen LogP contribution in [0.5, 0.6) is 5.75 Å². The molecule has 0 aliphatic carbocycles. The van der Waals surface area contributed by atoms with Crippen LogP contribution in [0.15, 0.2) is 72.8 Å². The van der Waals surface area contributed by atoms with Gasteiger partial charge in [-0.05, 0) is 55.0 Å². The van der Waals surface area contributed by atoms with Crippen LogP contribution in [0.3, 0.4) is 0 Å². The number of rotatable bonds is 6. The van der Waals surface area contributed by atoms with Crippen molar-refractivity contribution in [3.8, 4) is 5.75 Å². The van der Waals surface area contributed by atoms with Crippen molar-refractivity contribution in [1.82, 2.24) is 0 Å². The third kappa shape index (κ3) is 4.79. The normalized spacial score (nSPS) is 10.3. The summed E-state index contributed by atoms with van der Waals surface area (Å²) in [7, 11) is 0. The first-order valence-electron chi connectivity index (χ1n) is 8.41. The average molecular weight is 363 g/mol. The van der Waals surface area contributed by atoms with Crippen molar-refractivity contribution in [3.63, 3.8) is 0 Å². The van der Waals surface area contributed by atoms with Gasteiger partial charge in [0.1, 0.15) is 18.2 Å². The molecule has 5 heteroatoms. The van der Waals surface area contributed by atoms with E-state index in [0.717, 1.165) is 17.3 Å². The summed E-state index contributed by atoms with van der Waals surface area (Å²) in [6.07, 6.45) is 0. The van der Waals surface area contributed by atoms with Gasteiger partial charge in [0.25, 0.3) is 5.91 Å². The number of hydrogen-bond acceptors (Lipinski definition) is 3. The molecule has 0 aliphatic heterocycles. The van der Waals surface area contributed by atoms with Crippen LogP contribution < -0.4 is 10.1 Å². The molecule has 1 N–H and O–H groups in total. The van der Waals surface area contributed by atoms with Gasteiger partial charge in [0.05, 0.1) is 5.56 Å². The molecule has 0 spiro atoms. The van der Waals surface area contributed by atoms with Gasteiger partial charge in [-0.1, -0.05) is 30.3 Å². The molecule has 0 atom stereocenters. The van der Waals surface area contributed by atoms with Gasteiger partial charge in [0, 0.05) is 11.3 Å². The Hall–Kier alpha value is -3.47. The second kappa shape index (κ2) is 8.27. The maximum absolute atomic E-state index is 13.3. The summed E-state index contributed by atoms with van der Waals surface area (Å²) < 4.78 is 18.9. The van der Waals surface area contributed by atoms with Crippen molar-refractivity contribution in [2.45, 2.75) is 13.5 Å². The van der Waals surface area contributed by atoms with Gasteiger partial charge in [-0.3, -0.25) is 9.59 Å². The molecule has 3 aromatic rings. The molecule has 0 heterocycles. The van der Waals surface area contributed by atoms with E-state index in [0.29, 0.717) is 11.3 Å². The number of amides is 1. The van der Waals surface area contributed by atoms with Crippen LogP contribution in [0.25, 0.3) is 0 Å². The molecule has 0 saturated carbocycles. The molecule has 0 aliphatic rings. The fourth-order valence-electron chi connectivity index (χ4n) is 2.54. The zero-order valence-corrected chi connectivity index (χ0v) is 14.7. The molecule has 0 bridgehead atoms. The van der Waals surface area contributed by atoms with Crippen LogP contribution in [0.4, 0.5) is 10.1 Å². The Morgan fingerprint density at radius 3 is 2.33 bits per heavy atom. The van der Waals surface area contributed by atoms with E-state index >= 15 is 0 Å². The molecule has 0 fully saturated rings. The quantitative estimate of drug-likeness (QED) is 0.636. The SMILES string of the molecule is CC(=O)c1cc(F)ccc1OCc1ccc(C(=O)Nc2ccccc2)cc1. The molecule has 0 aromatic heterocycles. The number of carbonyl (C=O) groups is 2. The van der Waals surface area contributed by atoms with E-state index in [1.54, 1.807) is 24.3 Å². The standard InChI is InChI=1S/C22H18FNO3/c1-15(25)20-13-18(23)11-12-21(20)27-14-16-7-9-17(10-8-16)22(26)24-19-5-3-2-4-6-19/h2-13H,14H2,1H3,(H,24,26). The van der Waals surface area contributed by atoms with Crippen molar-refractivity contribution in [1.29, 1.82) is 0 Å². The number of Topliss-reactive ketones (excluding diaryl/α,β-unsaturated/α-hetero) is 1. The van der Waals surface area contributed by atoms with Crippen molar-refractivity contribution in [3.05, 3.63) is 95.3 Å². The van der Waals surface area contributed by atoms with Gasteiger partial charge >= 0.3 is 0 Å². The molecule has 3 aromatic carbocycles. The first-order chi connectivity index (χ1) is 13.0. The zero-order valence-electron chi connectivity index (χ0n) is 14.7. The monoisotopic (exact) mass is 363 g/mol. The topological polar surface area (TPSA) is 55.4 Å². The van der Waals surface area contributed by atoms with E-state index in [1.165, 1.54) is 19.1 Å². The highest BCUT2D eigenvalue weighted by atomic mass is 19.1. The van der Waals surface area contributed by atoms with E-state index in [2.05, 4.69) is 5.32 Å². The number of para-hydroxylation sites is 1. The number of carbonyl (C=O) groups excluding carboxylic acids is 2. The number of anilines is 1. The minimum Gasteiger partial charge on any atom is -0.488 e. The Morgan fingerprint density at radius 2 is 1.67 bits per heavy atom. The summed E-state index contributed by atoms with van der Waals surface area (Å²) in [6.45, 7) is 1.56. The molecule has 0 radical (unpaired) electrons. The van der Waals surface area contributed by atoms with Crippen molar-refractivity contribution in [2.75, 3.05) is 5.32 Å². The first kappa shape index (κ1) is 18.3. The summed E-state index contributed by atoms with van der Waals surface area (Å²) in [4.78, 5) is 23.8. The highest BCUT2D eigenvalue weighted by Gasteiger charge is 2.11. The zero-order chi connectivity index (χ0) is 19.2. The molecular formula is C22H18FNO3. The lowest BCUT2D eigenvalue weighted by atomic mass is 10.1. The third-order valence-electron chi connectivity index (χ3n) is 3.96. The lowest BCUT2D eigenvalue weighted by molar-refractivity contribution is 0.100. The fraction of sp³-hybridized carbons (Fsp3) is 0.0909. The Bertz CT molecular complexity index is 953. The summed E-state index contributed by atoms with van der Waals surface area (Å²) >= 11 is 0. The van der Waals surface area contributed by atoms with Gasteiger partial charge in [-0.2, -0.15) is 0 Å². The largest absolute Gasteiger partial charge is 0.488 e. The van der Waals surface area contributed by atoms with Crippen LogP contribution >= 0.6 is 0 Å². The van der Waals surface area contributed by atoms with Gasteiger partial charge in [0.2, 0.25) is 0 Å². The molecule has 3 rings (SSSR count). The summed E-state index contributed by atoms with van der Waals surface area (Å²) in [5.74, 6) is -0.625. The predicted molar refractivity (Wildman–Crippen MR) is 102 cm³/mol. The van der Waals surface area contributed by atoms with Gasteiger partial charge in [0.15, 0.2) is 5.78 Å². The van der Waals surface area contributed by atoms with Crippen molar-refractivity contribution in [2.24, 2.45) is 0 Å². The van der Waals surface area contributed by atoms with Gasteiger partial charge in [-0.25, -0.2) is 4.39 Å². The maximum atomic E-state index is 13.3. The van der Waals surface area contributed by atoms with Crippen LogP contribution in [0.1, 0.15) is 33.2 Å². The van der Waals surface area contributed by atoms with E-state index in [1.807, 2.05) is 30.3 Å². The molecule has 4 nitrogen and oxygen atoms in total. The van der Waals surface area contributed by atoms with E-state index < -0.39 is 5.82 Å². The second-order valence-corrected chi connectivity index (χ2v) is 6.00. The van der Waals surface area contributed by atoms with Crippen LogP contribution in [0.2, 0.25) is 0 Å². The Labute approximate surface area is 156 Å². The van der Waals surface area contributed by atoms with Crippen LogP contribution in [0, 0.1) is 5.82 Å². The number of halogens is 1. The number of ether oxygens (including phenoxy) is 1. The van der Waals surface area contributed by atoms with E-state index in [-0.39, 0.29) is 23.9 Å². The lowest BCUT2D eigenvalue weighted by Crippen LogP contribution is -2.11. The first-order valence-corrected chi connectivity index (χ1v) is 8.41. The lowest BCUT2D eigenvalue weighted by Gasteiger charge is -2.10. The molecule has 1 amide bonds. The van der Waals surface area contributed by atoms with Crippen molar-refractivity contribution >= 4 is 17.4 Å². The summed E-state index contributed by atoms with van der Waals surface area (Å²) in [5.41, 5.74) is 2.27. The molecule has 136 valence electrons. The third-order valence-corrected chi connectivity index (χ3v) is 3.96. The smallest absolute Gasteiger partial charge is 0.255 e. The Balaban J connectivity index is 1.65. The second-order valence-electron chi connectivity index (χ2n) is 6.00. The van der Waals surface area contributed by atoms with E-state index in [9.17, 15) is 14.0 Å². The predicted octanol–water partition coefficient (Wildman–Crippen LogP) is 4.86. The molecular weight excluding hydrogens is 345 g/mol. The van der Waals surface area contributed by atoms with Crippen molar-refractivity contribution < 1.29 is 18.7 Å². The molecule has 0 unspecified atom stereocenters. The van der Waals surface area contributed by atoms with Crippen LogP contribution in [-0.4, -0.2) is 11.7 Å². The molecule has 27 heavy (non-hydrogen) atoms. The summed E-state index contributed by atoms with van der Waals surface area (Å²) in [6, 6.07) is 20.0. The highest BCUT2D eigenvalue weighted by Crippen LogP contribution is 2.21. The maximum Gasteiger partial charge on any atom is 0.255 e. The van der Waals surface area contributed by atoms with Gasteiger partial charge < -0.3 is 10.1 Å². The summed E-state index contributed by atoms with van der Waals surface area (Å²) in [5, 5.41) is 2.82. The van der Waals surface area contributed by atoms with Crippen LogP contribution in [-0.2, 0) is 6.61 Å². The average Bonchev–Trinajstić information content (AvgIpc) is 2.68. The van der Waals surface area contributed by atoms with Gasteiger partial charge in [-0.15, -0.1) is 0 Å². The number of benzene rings is 3. The molecule has 0 saturated heterocycles. The highest BCUT2D eigenvalue weighted by molar-refractivity contribution is 6.04. The number of hydrogen-bond donors (Lipinski definition) is 1. The fourth-order valence-corrected chi connectivity index (χ4v) is 2.54. The number of ketones is 1. The number of nitrogens with one attached hydrogen (secondary N) is 1. The Morgan fingerprint density at radius 1 is 0.963 bits per heavy atom. The minimum absolute atomic E-state index is 0.201. The minimum atomic E-state index is -0.485.